The molecule has 0 unspecified atom stereocenters. The number of anilines is 1. The van der Waals surface area contributed by atoms with E-state index in [1.807, 2.05) is 18.2 Å². The van der Waals surface area contributed by atoms with Gasteiger partial charge in [-0.15, -0.1) is 23.7 Å². The third kappa shape index (κ3) is 5.82. The van der Waals surface area contributed by atoms with Gasteiger partial charge in [0.2, 0.25) is 0 Å². The molecule has 11 heteroatoms. The van der Waals surface area contributed by atoms with Gasteiger partial charge in [0.1, 0.15) is 10.1 Å². The van der Waals surface area contributed by atoms with Gasteiger partial charge in [-0.3, -0.25) is 14.6 Å². The van der Waals surface area contributed by atoms with E-state index in [0.29, 0.717) is 25.9 Å². The first-order chi connectivity index (χ1) is 14.5. The summed E-state index contributed by atoms with van der Waals surface area (Å²) in [6.07, 6.45) is 0.820. The fourth-order valence-electron chi connectivity index (χ4n) is 3.33. The van der Waals surface area contributed by atoms with Crippen molar-refractivity contribution < 1.29 is 14.3 Å². The molecular weight excluding hydrogens is 501 g/mol. The third-order valence-electron chi connectivity index (χ3n) is 4.91. The van der Waals surface area contributed by atoms with Crippen molar-refractivity contribution in [2.45, 2.75) is 6.42 Å². The van der Waals surface area contributed by atoms with E-state index in [1.54, 1.807) is 18.1 Å². The van der Waals surface area contributed by atoms with Gasteiger partial charge in [-0.25, -0.2) is 4.98 Å². The number of aromatic nitrogens is 1. The average molecular weight is 523 g/mol. The predicted octanol–water partition coefficient (Wildman–Crippen LogP) is 5.46. The van der Waals surface area contributed by atoms with E-state index in [9.17, 15) is 4.79 Å². The highest BCUT2D eigenvalue weighted by molar-refractivity contribution is 7.22. The summed E-state index contributed by atoms with van der Waals surface area (Å²) in [5.74, 6) is 0.549. The van der Waals surface area contributed by atoms with E-state index in [2.05, 4.69) is 4.90 Å². The van der Waals surface area contributed by atoms with Crippen molar-refractivity contribution in [3.63, 3.8) is 0 Å². The normalized spacial score (nSPS) is 14.4. The molecule has 0 radical (unpaired) electrons. The molecule has 4 rings (SSSR count). The monoisotopic (exact) mass is 521 g/mol. The molecule has 2 aromatic heterocycles. The number of thiophene rings is 1. The second kappa shape index (κ2) is 11.1. The zero-order valence-electron chi connectivity index (χ0n) is 16.8. The molecule has 0 aliphatic carbocycles. The summed E-state index contributed by atoms with van der Waals surface area (Å²) in [4.78, 5) is 22.1. The lowest BCUT2D eigenvalue weighted by Gasteiger charge is -2.27. The van der Waals surface area contributed by atoms with Crippen LogP contribution in [0.5, 0.6) is 5.75 Å². The van der Waals surface area contributed by atoms with E-state index >= 15 is 0 Å². The fourth-order valence-corrected chi connectivity index (χ4v) is 5.75. The molecule has 0 spiro atoms. The number of halogens is 3. The SMILES string of the molecule is COc1ccc2sc(N(CCCN3CCOCC3)C(=O)c3cc(Cl)sc3Cl)nc2c1.Cl. The second-order valence-electron chi connectivity index (χ2n) is 6.83. The molecule has 1 aliphatic rings. The lowest BCUT2D eigenvalue weighted by molar-refractivity contribution is 0.0376. The number of methoxy groups -OCH3 is 1. The fraction of sp³-hybridized carbons (Fsp3) is 0.400. The number of hydrogen-bond donors (Lipinski definition) is 0. The standard InChI is InChI=1S/C20H21Cl2N3O3S2.ClH/c1-27-13-3-4-16-15(11-13)23-20(29-16)25(6-2-5-24-7-9-28-10-8-24)19(26)14-12-17(21)30-18(14)22;/h3-4,11-12H,2,5-10H2,1H3;1H. The second-order valence-corrected chi connectivity index (χ2v) is 10.1. The van der Waals surface area contributed by atoms with Gasteiger partial charge < -0.3 is 9.47 Å². The lowest BCUT2D eigenvalue weighted by atomic mass is 10.2. The Kier molecular flexibility index (Phi) is 8.81. The molecule has 6 nitrogen and oxygen atoms in total. The largest absolute Gasteiger partial charge is 0.497 e. The van der Waals surface area contributed by atoms with Crippen LogP contribution >= 0.6 is 58.3 Å². The Hall–Kier alpha value is -1.13. The van der Waals surface area contributed by atoms with Gasteiger partial charge in [-0.2, -0.15) is 0 Å². The Morgan fingerprint density at radius 1 is 1.26 bits per heavy atom. The summed E-state index contributed by atoms with van der Waals surface area (Å²) >= 11 is 15.0. The van der Waals surface area contributed by atoms with Crippen molar-refractivity contribution in [3.05, 3.63) is 38.5 Å². The van der Waals surface area contributed by atoms with E-state index in [-0.39, 0.29) is 18.3 Å². The Morgan fingerprint density at radius 3 is 2.71 bits per heavy atom. The van der Waals surface area contributed by atoms with Crippen molar-refractivity contribution in [3.8, 4) is 5.75 Å². The van der Waals surface area contributed by atoms with Crippen LogP contribution in [-0.4, -0.2) is 62.3 Å². The maximum absolute atomic E-state index is 13.4. The molecule has 3 aromatic rings. The first kappa shape index (κ1) is 24.5. The van der Waals surface area contributed by atoms with Crippen LogP contribution in [0.3, 0.4) is 0 Å². The molecule has 1 aromatic carbocycles. The molecule has 1 saturated heterocycles. The Balaban J connectivity index is 0.00000272. The number of fused-ring (bicyclic) bond motifs is 1. The van der Waals surface area contributed by atoms with Gasteiger partial charge in [0.15, 0.2) is 5.13 Å². The number of amides is 1. The zero-order valence-corrected chi connectivity index (χ0v) is 20.8. The topological polar surface area (TPSA) is 54.9 Å². The van der Waals surface area contributed by atoms with Gasteiger partial charge in [0.05, 0.1) is 40.4 Å². The number of benzene rings is 1. The van der Waals surface area contributed by atoms with Crippen LogP contribution in [0.2, 0.25) is 8.67 Å². The number of carbonyl (C=O) groups excluding carboxylic acids is 1. The Labute approximate surface area is 205 Å². The minimum Gasteiger partial charge on any atom is -0.497 e. The van der Waals surface area contributed by atoms with Gasteiger partial charge >= 0.3 is 0 Å². The summed E-state index contributed by atoms with van der Waals surface area (Å²) in [5, 5.41) is 0.642. The van der Waals surface area contributed by atoms with Gasteiger partial charge in [0.25, 0.3) is 5.91 Å². The molecule has 0 atom stereocenters. The minimum atomic E-state index is -0.184. The van der Waals surface area contributed by atoms with Crippen molar-refractivity contribution in [1.29, 1.82) is 0 Å². The lowest BCUT2D eigenvalue weighted by Crippen LogP contribution is -2.39. The van der Waals surface area contributed by atoms with Crippen LogP contribution in [-0.2, 0) is 4.74 Å². The van der Waals surface area contributed by atoms with Gasteiger partial charge in [-0.05, 0) is 24.6 Å². The molecule has 168 valence electrons. The number of hydrogen-bond acceptors (Lipinski definition) is 7. The first-order valence-electron chi connectivity index (χ1n) is 9.56. The summed E-state index contributed by atoms with van der Waals surface area (Å²) < 4.78 is 12.6. The molecule has 3 heterocycles. The molecule has 31 heavy (non-hydrogen) atoms. The van der Waals surface area contributed by atoms with Crippen LogP contribution < -0.4 is 9.64 Å². The summed E-state index contributed by atoms with van der Waals surface area (Å²) in [5.41, 5.74) is 1.21. The van der Waals surface area contributed by atoms with Crippen molar-refractivity contribution in [1.82, 2.24) is 9.88 Å². The molecule has 0 bridgehead atoms. The van der Waals surface area contributed by atoms with Crippen LogP contribution in [0.4, 0.5) is 5.13 Å². The van der Waals surface area contributed by atoms with Gasteiger partial charge in [-0.1, -0.05) is 34.5 Å². The highest BCUT2D eigenvalue weighted by Crippen LogP contribution is 2.35. The third-order valence-corrected chi connectivity index (χ3v) is 7.45. The molecule has 0 saturated carbocycles. The Bertz CT molecular complexity index is 1040. The molecule has 1 aliphatic heterocycles. The Morgan fingerprint density at radius 2 is 2.03 bits per heavy atom. The quantitative estimate of drug-likeness (QED) is 0.412. The number of morpholine rings is 1. The van der Waals surface area contributed by atoms with E-state index in [4.69, 9.17) is 37.7 Å². The highest BCUT2D eigenvalue weighted by Gasteiger charge is 2.25. The number of carbonyl (C=O) groups is 1. The molecule has 1 amide bonds. The van der Waals surface area contributed by atoms with E-state index in [0.717, 1.165) is 55.2 Å². The van der Waals surface area contributed by atoms with Crippen LogP contribution in [0.15, 0.2) is 24.3 Å². The van der Waals surface area contributed by atoms with Crippen LogP contribution in [0, 0.1) is 0 Å². The van der Waals surface area contributed by atoms with Crippen molar-refractivity contribution in [2.75, 3.05) is 51.4 Å². The average Bonchev–Trinajstić information content (AvgIpc) is 3.33. The van der Waals surface area contributed by atoms with Crippen molar-refractivity contribution >= 4 is 79.5 Å². The van der Waals surface area contributed by atoms with E-state index in [1.165, 1.54) is 22.7 Å². The molecule has 1 fully saturated rings. The number of thiazole rings is 1. The zero-order chi connectivity index (χ0) is 21.1. The summed E-state index contributed by atoms with van der Waals surface area (Å²) in [7, 11) is 1.62. The summed E-state index contributed by atoms with van der Waals surface area (Å²) in [6, 6.07) is 7.35. The van der Waals surface area contributed by atoms with Gasteiger partial charge in [0, 0.05) is 32.2 Å². The smallest absolute Gasteiger partial charge is 0.262 e. The summed E-state index contributed by atoms with van der Waals surface area (Å²) in [6.45, 7) is 4.78. The number of nitrogens with zero attached hydrogens (tertiary/aromatic N) is 3. The van der Waals surface area contributed by atoms with E-state index < -0.39 is 0 Å². The maximum atomic E-state index is 13.4. The molecular formula is C20H22Cl3N3O3S2. The molecule has 0 N–H and O–H groups in total. The number of rotatable bonds is 7. The first-order valence-corrected chi connectivity index (χ1v) is 12.0. The van der Waals surface area contributed by atoms with Crippen molar-refractivity contribution in [2.24, 2.45) is 0 Å². The van der Waals surface area contributed by atoms with Crippen LogP contribution in [0.25, 0.3) is 10.2 Å². The number of ether oxygens (including phenoxy) is 2. The minimum absolute atomic E-state index is 0. The maximum Gasteiger partial charge on any atom is 0.262 e. The van der Waals surface area contributed by atoms with Crippen LogP contribution in [0.1, 0.15) is 16.8 Å². The predicted molar refractivity (Wildman–Crippen MR) is 131 cm³/mol. The highest BCUT2D eigenvalue weighted by atomic mass is 35.5.